The van der Waals surface area contributed by atoms with Crippen LogP contribution in [-0.2, 0) is 20.0 Å². The first-order valence-electron chi connectivity index (χ1n) is 9.06. The summed E-state index contributed by atoms with van der Waals surface area (Å²) in [6.07, 6.45) is 0. The van der Waals surface area contributed by atoms with Crippen LogP contribution >= 0.6 is 11.6 Å². The highest BCUT2D eigenvalue weighted by atomic mass is 35.5. The van der Waals surface area contributed by atoms with E-state index in [9.17, 15) is 26.9 Å². The lowest BCUT2D eigenvalue weighted by Crippen LogP contribution is -2.15. The molecule has 168 valence electrons. The van der Waals surface area contributed by atoms with Gasteiger partial charge < -0.3 is 0 Å². The number of hydrogen-bond donors (Lipinski definition) is 2. The van der Waals surface area contributed by atoms with Crippen LogP contribution in [-0.4, -0.2) is 21.8 Å². The zero-order valence-electron chi connectivity index (χ0n) is 16.9. The summed E-state index contributed by atoms with van der Waals surface area (Å²) in [5.41, 5.74) is 1.13. The summed E-state index contributed by atoms with van der Waals surface area (Å²) in [6.45, 7) is 3.30. The fourth-order valence-corrected chi connectivity index (χ4v) is 5.33. The van der Waals surface area contributed by atoms with E-state index in [2.05, 4.69) is 9.44 Å². The van der Waals surface area contributed by atoms with Gasteiger partial charge in [0.05, 0.1) is 20.4 Å². The maximum absolute atomic E-state index is 12.7. The van der Waals surface area contributed by atoms with Gasteiger partial charge in [0.1, 0.15) is 0 Å². The van der Waals surface area contributed by atoms with Crippen LogP contribution in [0.3, 0.4) is 0 Å². The van der Waals surface area contributed by atoms with Gasteiger partial charge in [-0.15, -0.1) is 0 Å². The van der Waals surface area contributed by atoms with Crippen LogP contribution in [0, 0.1) is 24.0 Å². The van der Waals surface area contributed by atoms with Gasteiger partial charge in [-0.3, -0.25) is 19.6 Å². The molecule has 0 bridgehead atoms. The summed E-state index contributed by atoms with van der Waals surface area (Å²) < 4.78 is 55.3. The van der Waals surface area contributed by atoms with Crippen molar-refractivity contribution < 1.29 is 21.8 Å². The Hall–Kier alpha value is -3.15. The third-order valence-electron chi connectivity index (χ3n) is 4.51. The molecule has 0 spiro atoms. The number of hydrogen-bond acceptors (Lipinski definition) is 6. The molecule has 0 fully saturated rings. The highest BCUT2D eigenvalue weighted by molar-refractivity contribution is 7.93. The Morgan fingerprint density at radius 3 is 1.94 bits per heavy atom. The molecule has 0 saturated heterocycles. The zero-order valence-corrected chi connectivity index (χ0v) is 19.3. The number of rotatable bonds is 7. The van der Waals surface area contributed by atoms with Crippen molar-refractivity contribution >= 4 is 48.7 Å². The summed E-state index contributed by atoms with van der Waals surface area (Å²) >= 11 is 6.02. The van der Waals surface area contributed by atoms with Crippen molar-refractivity contribution in [3.05, 3.63) is 86.9 Å². The number of nitrogens with zero attached hydrogens (tertiary/aromatic N) is 1. The van der Waals surface area contributed by atoms with Crippen molar-refractivity contribution in [2.75, 3.05) is 9.44 Å². The molecule has 0 saturated carbocycles. The predicted octanol–water partition coefficient (Wildman–Crippen LogP) is 4.47. The number of benzene rings is 3. The van der Waals surface area contributed by atoms with Crippen LogP contribution in [0.4, 0.5) is 17.1 Å². The number of non-ortho nitro benzene ring substituents is 1. The Labute approximate surface area is 190 Å². The van der Waals surface area contributed by atoms with Gasteiger partial charge in [-0.2, -0.15) is 0 Å². The van der Waals surface area contributed by atoms with E-state index < -0.39 is 25.0 Å². The SMILES string of the molecule is Cc1ccc(NS(=O)(=O)c2ccc(NS(=O)(=O)c3cc([N+](=O)[O-])ccc3C)cc2)cc1Cl. The number of nitro groups is 1. The fourth-order valence-electron chi connectivity index (χ4n) is 2.77. The molecule has 0 aliphatic rings. The third kappa shape index (κ3) is 5.18. The van der Waals surface area contributed by atoms with E-state index in [1.54, 1.807) is 19.1 Å². The Morgan fingerprint density at radius 1 is 0.781 bits per heavy atom. The minimum absolute atomic E-state index is 0.0910. The normalized spacial score (nSPS) is 11.7. The standard InChI is InChI=1S/C20H18ClN3O6S2/c1-13-3-5-16(11-19(13)21)23-31(27,28)18-9-6-15(7-10-18)22-32(29,30)20-12-17(24(25)26)8-4-14(20)2/h3-12,22-23H,1-2H3. The molecule has 0 heterocycles. The molecule has 0 unspecified atom stereocenters. The summed E-state index contributed by atoms with van der Waals surface area (Å²) in [7, 11) is -8.08. The number of anilines is 2. The van der Waals surface area contributed by atoms with E-state index in [1.807, 2.05) is 0 Å². The molecular formula is C20H18ClN3O6S2. The first kappa shape index (κ1) is 23.5. The quantitative estimate of drug-likeness (QED) is 0.366. The van der Waals surface area contributed by atoms with E-state index in [-0.39, 0.29) is 26.9 Å². The van der Waals surface area contributed by atoms with Crippen molar-refractivity contribution in [2.24, 2.45) is 0 Å². The van der Waals surface area contributed by atoms with Crippen LogP contribution in [0.5, 0.6) is 0 Å². The third-order valence-corrected chi connectivity index (χ3v) is 7.84. The Balaban J connectivity index is 1.83. The first-order chi connectivity index (χ1) is 14.9. The number of halogens is 1. The molecule has 3 rings (SSSR count). The Bertz CT molecular complexity index is 1410. The zero-order chi connectivity index (χ0) is 23.7. The van der Waals surface area contributed by atoms with Gasteiger partial charge in [0.15, 0.2) is 0 Å². The molecule has 2 N–H and O–H groups in total. The van der Waals surface area contributed by atoms with E-state index in [0.717, 1.165) is 11.6 Å². The highest BCUT2D eigenvalue weighted by Crippen LogP contribution is 2.26. The number of aryl methyl sites for hydroxylation is 2. The molecule has 0 aliphatic heterocycles. The summed E-state index contributed by atoms with van der Waals surface area (Å²) in [5, 5.41) is 11.4. The lowest BCUT2D eigenvalue weighted by molar-refractivity contribution is -0.385. The van der Waals surface area contributed by atoms with Gasteiger partial charge in [0.2, 0.25) is 0 Å². The van der Waals surface area contributed by atoms with Crippen LogP contribution in [0.1, 0.15) is 11.1 Å². The predicted molar refractivity (Wildman–Crippen MR) is 122 cm³/mol. The van der Waals surface area contributed by atoms with Gasteiger partial charge in [0.25, 0.3) is 25.7 Å². The molecule has 3 aromatic carbocycles. The van der Waals surface area contributed by atoms with Crippen LogP contribution in [0.25, 0.3) is 0 Å². The number of nitro benzene ring substituents is 1. The molecule has 0 aliphatic carbocycles. The smallest absolute Gasteiger partial charge is 0.270 e. The maximum atomic E-state index is 12.7. The number of sulfonamides is 2. The molecule has 0 radical (unpaired) electrons. The molecule has 0 aromatic heterocycles. The summed E-state index contributed by atoms with van der Waals surface area (Å²) in [4.78, 5) is 9.94. The van der Waals surface area contributed by atoms with E-state index in [0.29, 0.717) is 10.6 Å². The second-order valence-electron chi connectivity index (χ2n) is 6.91. The monoisotopic (exact) mass is 495 g/mol. The van der Waals surface area contributed by atoms with Crippen LogP contribution in [0.15, 0.2) is 70.5 Å². The van der Waals surface area contributed by atoms with E-state index in [4.69, 9.17) is 11.6 Å². The molecule has 9 nitrogen and oxygen atoms in total. The largest absolute Gasteiger partial charge is 0.280 e. The lowest BCUT2D eigenvalue weighted by atomic mass is 10.2. The van der Waals surface area contributed by atoms with Crippen molar-refractivity contribution in [2.45, 2.75) is 23.6 Å². The van der Waals surface area contributed by atoms with Crippen LogP contribution < -0.4 is 9.44 Å². The van der Waals surface area contributed by atoms with Gasteiger partial charge >= 0.3 is 0 Å². The van der Waals surface area contributed by atoms with Crippen molar-refractivity contribution in [3.63, 3.8) is 0 Å². The van der Waals surface area contributed by atoms with Crippen molar-refractivity contribution in [1.29, 1.82) is 0 Å². The molecule has 0 amide bonds. The minimum Gasteiger partial charge on any atom is -0.280 e. The van der Waals surface area contributed by atoms with E-state index >= 15 is 0 Å². The topological polar surface area (TPSA) is 135 Å². The molecule has 3 aromatic rings. The van der Waals surface area contributed by atoms with Gasteiger partial charge in [-0.1, -0.05) is 23.7 Å². The van der Waals surface area contributed by atoms with Crippen molar-refractivity contribution in [3.8, 4) is 0 Å². The van der Waals surface area contributed by atoms with Gasteiger partial charge in [0, 0.05) is 22.8 Å². The first-order valence-corrected chi connectivity index (χ1v) is 12.4. The fraction of sp³-hybridized carbons (Fsp3) is 0.100. The molecule has 12 heteroatoms. The average molecular weight is 496 g/mol. The van der Waals surface area contributed by atoms with Gasteiger partial charge in [-0.25, -0.2) is 16.8 Å². The average Bonchev–Trinajstić information content (AvgIpc) is 2.70. The second-order valence-corrected chi connectivity index (χ2v) is 10.6. The van der Waals surface area contributed by atoms with Crippen LogP contribution in [0.2, 0.25) is 5.02 Å². The molecule has 32 heavy (non-hydrogen) atoms. The maximum Gasteiger partial charge on any atom is 0.270 e. The Kier molecular flexibility index (Phi) is 6.44. The second kappa shape index (κ2) is 8.77. The van der Waals surface area contributed by atoms with Gasteiger partial charge in [-0.05, 0) is 61.4 Å². The Morgan fingerprint density at radius 2 is 1.34 bits per heavy atom. The molecule has 0 atom stereocenters. The lowest BCUT2D eigenvalue weighted by Gasteiger charge is -2.12. The summed E-state index contributed by atoms with van der Waals surface area (Å²) in [6, 6.07) is 13.3. The summed E-state index contributed by atoms with van der Waals surface area (Å²) in [5.74, 6) is 0. The minimum atomic E-state index is -4.14. The highest BCUT2D eigenvalue weighted by Gasteiger charge is 2.21. The number of nitrogens with one attached hydrogen (secondary N) is 2. The van der Waals surface area contributed by atoms with Crippen molar-refractivity contribution in [1.82, 2.24) is 0 Å². The molecular weight excluding hydrogens is 478 g/mol. The van der Waals surface area contributed by atoms with E-state index in [1.165, 1.54) is 49.4 Å².